The molecule has 3 nitrogen and oxygen atoms in total. The minimum Gasteiger partial charge on any atom is -0.287 e. The zero-order valence-electron chi connectivity index (χ0n) is 11.4. The highest BCUT2D eigenvalue weighted by atomic mass is 16.1. The van der Waals surface area contributed by atoms with E-state index < -0.39 is 0 Å². The molecule has 0 fully saturated rings. The van der Waals surface area contributed by atoms with Gasteiger partial charge in [0.2, 0.25) is 17.8 Å². The first kappa shape index (κ1) is 13.0. The lowest BCUT2D eigenvalue weighted by molar-refractivity contribution is -0.657. The van der Waals surface area contributed by atoms with Crippen LogP contribution in [0.3, 0.4) is 0 Å². The molecule has 2 aromatic carbocycles. The number of nitriles is 1. The quantitative estimate of drug-likeness (QED) is 0.544. The molecule has 0 aliphatic rings. The van der Waals surface area contributed by atoms with Gasteiger partial charge in [-0.1, -0.05) is 36.4 Å². The zero-order chi connectivity index (χ0) is 14.7. The Morgan fingerprint density at radius 2 is 1.81 bits per heavy atom. The summed E-state index contributed by atoms with van der Waals surface area (Å²) in [6, 6.07) is 20.7. The summed E-state index contributed by atoms with van der Waals surface area (Å²) >= 11 is 0. The van der Waals surface area contributed by atoms with Gasteiger partial charge in [-0.2, -0.15) is 9.83 Å². The SMILES string of the molecule is N#Cc1cccc2c1ccc[n+]2CC(=O)c1ccccc1. The molecule has 0 saturated heterocycles. The van der Waals surface area contributed by atoms with Crippen molar-refractivity contribution in [1.82, 2.24) is 0 Å². The van der Waals surface area contributed by atoms with E-state index in [9.17, 15) is 4.79 Å². The molecule has 3 aromatic rings. The van der Waals surface area contributed by atoms with Crippen molar-refractivity contribution in [2.75, 3.05) is 0 Å². The molecule has 0 radical (unpaired) electrons. The smallest absolute Gasteiger partial charge is 0.227 e. The maximum atomic E-state index is 12.3. The fraction of sp³-hybridized carbons (Fsp3) is 0.0556. The van der Waals surface area contributed by atoms with E-state index in [0.717, 1.165) is 10.9 Å². The van der Waals surface area contributed by atoms with E-state index in [-0.39, 0.29) is 12.3 Å². The largest absolute Gasteiger partial charge is 0.287 e. The number of hydrogen-bond acceptors (Lipinski definition) is 2. The maximum Gasteiger partial charge on any atom is 0.227 e. The average molecular weight is 273 g/mol. The Balaban J connectivity index is 2.02. The Labute approximate surface area is 122 Å². The number of pyridine rings is 1. The summed E-state index contributed by atoms with van der Waals surface area (Å²) in [5.41, 5.74) is 2.20. The van der Waals surface area contributed by atoms with Crippen molar-refractivity contribution in [3.63, 3.8) is 0 Å². The number of Topliss-reactive ketones (excluding diaryl/α,β-unsaturated/α-hetero) is 1. The van der Waals surface area contributed by atoms with Gasteiger partial charge in [0.15, 0.2) is 6.20 Å². The standard InChI is InChI=1S/C18H13N2O/c19-12-15-8-4-10-17-16(15)9-5-11-20(17)13-18(21)14-6-2-1-3-7-14/h1-11H,13H2/q+1. The van der Waals surface area contributed by atoms with Crippen molar-refractivity contribution >= 4 is 16.7 Å². The first-order chi connectivity index (χ1) is 10.3. The lowest BCUT2D eigenvalue weighted by Crippen LogP contribution is -2.38. The van der Waals surface area contributed by atoms with Gasteiger partial charge in [-0.05, 0) is 12.1 Å². The molecule has 3 rings (SSSR count). The van der Waals surface area contributed by atoms with Crippen LogP contribution in [0.25, 0.3) is 10.9 Å². The van der Waals surface area contributed by atoms with Crippen LogP contribution in [0.1, 0.15) is 15.9 Å². The van der Waals surface area contributed by atoms with E-state index in [1.807, 2.05) is 65.4 Å². The highest BCUT2D eigenvalue weighted by Gasteiger charge is 2.16. The van der Waals surface area contributed by atoms with Crippen LogP contribution in [0.4, 0.5) is 0 Å². The number of rotatable bonds is 3. The molecule has 1 aromatic heterocycles. The molecular weight excluding hydrogens is 260 g/mol. The third-order valence-electron chi connectivity index (χ3n) is 3.45. The van der Waals surface area contributed by atoms with Gasteiger partial charge in [0.05, 0.1) is 10.9 Å². The second kappa shape index (κ2) is 5.56. The van der Waals surface area contributed by atoms with Crippen LogP contribution < -0.4 is 4.57 Å². The topological polar surface area (TPSA) is 44.7 Å². The van der Waals surface area contributed by atoms with Crippen LogP contribution in [-0.2, 0) is 6.54 Å². The minimum absolute atomic E-state index is 0.0514. The van der Waals surface area contributed by atoms with Gasteiger partial charge in [0.25, 0.3) is 0 Å². The molecule has 21 heavy (non-hydrogen) atoms. The molecular formula is C18H13N2O+. The van der Waals surface area contributed by atoms with E-state index in [1.54, 1.807) is 6.07 Å². The van der Waals surface area contributed by atoms with Crippen molar-refractivity contribution in [1.29, 1.82) is 5.26 Å². The number of ketones is 1. The third-order valence-corrected chi connectivity index (χ3v) is 3.45. The number of carbonyl (C=O) groups is 1. The molecule has 0 bridgehead atoms. The van der Waals surface area contributed by atoms with Gasteiger partial charge in [-0.25, -0.2) is 0 Å². The van der Waals surface area contributed by atoms with Crippen molar-refractivity contribution in [2.45, 2.75) is 6.54 Å². The predicted octanol–water partition coefficient (Wildman–Crippen LogP) is 2.88. The Morgan fingerprint density at radius 1 is 1.00 bits per heavy atom. The van der Waals surface area contributed by atoms with Crippen LogP contribution in [0.15, 0.2) is 66.9 Å². The van der Waals surface area contributed by atoms with E-state index in [4.69, 9.17) is 5.26 Å². The molecule has 0 N–H and O–H groups in total. The van der Waals surface area contributed by atoms with Crippen LogP contribution in [0.2, 0.25) is 0 Å². The lowest BCUT2D eigenvalue weighted by Gasteiger charge is -2.02. The molecule has 0 unspecified atom stereocenters. The summed E-state index contributed by atoms with van der Waals surface area (Å²) in [5, 5.41) is 10.0. The van der Waals surface area contributed by atoms with Gasteiger partial charge >= 0.3 is 0 Å². The monoisotopic (exact) mass is 273 g/mol. The summed E-state index contributed by atoms with van der Waals surface area (Å²) in [7, 11) is 0. The Hall–Kier alpha value is -2.99. The highest BCUT2D eigenvalue weighted by molar-refractivity contribution is 5.95. The maximum absolute atomic E-state index is 12.3. The number of benzene rings is 2. The third kappa shape index (κ3) is 2.52. The van der Waals surface area contributed by atoms with Gasteiger partial charge in [0.1, 0.15) is 6.07 Å². The van der Waals surface area contributed by atoms with Gasteiger partial charge in [0, 0.05) is 17.7 Å². The number of nitrogens with zero attached hydrogens (tertiary/aromatic N) is 2. The molecule has 0 aliphatic heterocycles. The fourth-order valence-electron chi connectivity index (χ4n) is 2.41. The van der Waals surface area contributed by atoms with E-state index in [0.29, 0.717) is 11.1 Å². The van der Waals surface area contributed by atoms with Crippen LogP contribution in [-0.4, -0.2) is 5.78 Å². The highest BCUT2D eigenvalue weighted by Crippen LogP contribution is 2.14. The number of fused-ring (bicyclic) bond motifs is 1. The number of carbonyl (C=O) groups excluding carboxylic acids is 1. The fourth-order valence-corrected chi connectivity index (χ4v) is 2.41. The minimum atomic E-state index is 0.0514. The summed E-state index contributed by atoms with van der Waals surface area (Å²) in [4.78, 5) is 12.3. The number of aromatic nitrogens is 1. The van der Waals surface area contributed by atoms with E-state index in [1.165, 1.54) is 0 Å². The summed E-state index contributed by atoms with van der Waals surface area (Å²) in [6.07, 6.45) is 1.87. The van der Waals surface area contributed by atoms with Crippen molar-refractivity contribution in [3.05, 3.63) is 78.0 Å². The molecule has 0 spiro atoms. The second-order valence-electron chi connectivity index (χ2n) is 4.78. The molecule has 0 atom stereocenters. The summed E-state index contributed by atoms with van der Waals surface area (Å²) < 4.78 is 1.88. The molecule has 0 amide bonds. The molecule has 3 heteroatoms. The summed E-state index contributed by atoms with van der Waals surface area (Å²) in [5.74, 6) is 0.0514. The van der Waals surface area contributed by atoms with Crippen molar-refractivity contribution in [3.8, 4) is 6.07 Å². The van der Waals surface area contributed by atoms with Gasteiger partial charge in [-0.15, -0.1) is 0 Å². The first-order valence-electron chi connectivity index (χ1n) is 6.69. The van der Waals surface area contributed by atoms with Gasteiger partial charge < -0.3 is 0 Å². The molecule has 0 aliphatic carbocycles. The predicted molar refractivity (Wildman–Crippen MR) is 79.6 cm³/mol. The average Bonchev–Trinajstić information content (AvgIpc) is 2.55. The second-order valence-corrected chi connectivity index (χ2v) is 4.78. The van der Waals surface area contributed by atoms with Crippen LogP contribution >= 0.6 is 0 Å². The Kier molecular flexibility index (Phi) is 3.44. The molecule has 0 saturated carbocycles. The summed E-state index contributed by atoms with van der Waals surface area (Å²) in [6.45, 7) is 0.260. The zero-order valence-corrected chi connectivity index (χ0v) is 11.4. The molecule has 1 heterocycles. The van der Waals surface area contributed by atoms with Gasteiger partial charge in [-0.3, -0.25) is 4.79 Å². The van der Waals surface area contributed by atoms with E-state index in [2.05, 4.69) is 6.07 Å². The van der Waals surface area contributed by atoms with Crippen molar-refractivity contribution < 1.29 is 9.36 Å². The number of hydrogen-bond donors (Lipinski definition) is 0. The van der Waals surface area contributed by atoms with Crippen LogP contribution in [0.5, 0.6) is 0 Å². The normalized spacial score (nSPS) is 10.2. The first-order valence-corrected chi connectivity index (χ1v) is 6.69. The lowest BCUT2D eigenvalue weighted by atomic mass is 10.1. The van der Waals surface area contributed by atoms with Crippen LogP contribution in [0, 0.1) is 11.3 Å². The van der Waals surface area contributed by atoms with E-state index >= 15 is 0 Å². The Bertz CT molecular complexity index is 848. The van der Waals surface area contributed by atoms with Crippen molar-refractivity contribution in [2.24, 2.45) is 0 Å². The Morgan fingerprint density at radius 3 is 2.57 bits per heavy atom. The molecule has 100 valence electrons.